The summed E-state index contributed by atoms with van der Waals surface area (Å²) in [4.78, 5) is 12.4. The molecule has 5 heteroatoms. The van der Waals surface area contributed by atoms with Gasteiger partial charge in [-0.3, -0.25) is 0 Å². The lowest BCUT2D eigenvalue weighted by molar-refractivity contribution is 1.23. The molecular formula is C14H11ClN2S2. The second-order valence-corrected chi connectivity index (χ2v) is 6.61. The van der Waals surface area contributed by atoms with Gasteiger partial charge >= 0.3 is 0 Å². The highest BCUT2D eigenvalue weighted by Gasteiger charge is 2.10. The van der Waals surface area contributed by atoms with E-state index in [0.717, 1.165) is 15.8 Å². The average Bonchev–Trinajstić information content (AvgIpc) is 2.80. The van der Waals surface area contributed by atoms with Crippen molar-refractivity contribution in [3.05, 3.63) is 40.4 Å². The van der Waals surface area contributed by atoms with Crippen LogP contribution >= 0.6 is 34.7 Å². The van der Waals surface area contributed by atoms with Crippen molar-refractivity contribution < 1.29 is 0 Å². The molecule has 0 radical (unpaired) electrons. The van der Waals surface area contributed by atoms with Crippen LogP contribution in [-0.4, -0.2) is 16.2 Å². The van der Waals surface area contributed by atoms with Crippen molar-refractivity contribution in [1.82, 2.24) is 9.97 Å². The van der Waals surface area contributed by atoms with Gasteiger partial charge in [-0.1, -0.05) is 23.7 Å². The molecule has 0 fully saturated rings. The number of thioether (sulfide) groups is 1. The number of thiophene rings is 1. The van der Waals surface area contributed by atoms with E-state index in [2.05, 4.69) is 35.3 Å². The second kappa shape index (κ2) is 5.12. The molecule has 3 aromatic rings. The molecule has 0 spiro atoms. The number of halogens is 1. The van der Waals surface area contributed by atoms with E-state index >= 15 is 0 Å². The Balaban J connectivity index is 2.13. The first-order chi connectivity index (χ1) is 9.17. The molecule has 0 unspecified atom stereocenters. The Labute approximate surface area is 124 Å². The highest BCUT2D eigenvalue weighted by molar-refractivity contribution is 7.98. The van der Waals surface area contributed by atoms with E-state index in [1.807, 2.05) is 18.2 Å². The third kappa shape index (κ3) is 2.48. The van der Waals surface area contributed by atoms with E-state index in [0.29, 0.717) is 11.0 Å². The highest BCUT2D eigenvalue weighted by Crippen LogP contribution is 2.31. The molecule has 2 heterocycles. The molecule has 0 N–H and O–H groups in total. The number of benzene rings is 1. The predicted octanol–water partition coefficient (Wildman–Crippen LogP) is 5.04. The van der Waals surface area contributed by atoms with Gasteiger partial charge in [-0.2, -0.15) is 0 Å². The number of nitrogens with zero attached hydrogens (tertiary/aromatic N) is 2. The van der Waals surface area contributed by atoms with E-state index < -0.39 is 0 Å². The van der Waals surface area contributed by atoms with Gasteiger partial charge in [0.25, 0.3) is 0 Å². The van der Waals surface area contributed by atoms with Gasteiger partial charge in [-0.25, -0.2) is 9.97 Å². The van der Waals surface area contributed by atoms with Gasteiger partial charge in [0.15, 0.2) is 5.82 Å². The van der Waals surface area contributed by atoms with Gasteiger partial charge in [-0.05, 0) is 31.4 Å². The number of aromatic nitrogens is 2. The summed E-state index contributed by atoms with van der Waals surface area (Å²) in [6.45, 7) is 2.05. The van der Waals surface area contributed by atoms with Crippen LogP contribution in [0.25, 0.3) is 21.6 Å². The molecule has 2 aromatic heterocycles. The number of aryl methyl sites for hydroxylation is 1. The summed E-state index contributed by atoms with van der Waals surface area (Å²) in [5.74, 6) is 0.687. The fraction of sp³-hybridized carbons (Fsp3) is 0.143. The van der Waals surface area contributed by atoms with Crippen molar-refractivity contribution in [1.29, 1.82) is 0 Å². The van der Waals surface area contributed by atoms with Crippen LogP contribution in [0.3, 0.4) is 0 Å². The van der Waals surface area contributed by atoms with Crippen LogP contribution in [-0.2, 0) is 0 Å². The Kier molecular flexibility index (Phi) is 3.48. The molecule has 0 saturated heterocycles. The lowest BCUT2D eigenvalue weighted by atomic mass is 10.2. The quantitative estimate of drug-likeness (QED) is 0.490. The number of fused-ring (bicyclic) bond motifs is 1. The molecule has 19 heavy (non-hydrogen) atoms. The first kappa shape index (κ1) is 12.9. The van der Waals surface area contributed by atoms with Crippen LogP contribution in [0.1, 0.15) is 4.88 Å². The summed E-state index contributed by atoms with van der Waals surface area (Å²) in [6, 6.07) is 10.2. The smallest absolute Gasteiger partial charge is 0.162 e. The van der Waals surface area contributed by atoms with Crippen molar-refractivity contribution in [3.8, 4) is 11.4 Å². The third-order valence-electron chi connectivity index (χ3n) is 2.82. The topological polar surface area (TPSA) is 25.8 Å². The fourth-order valence-electron chi connectivity index (χ4n) is 1.88. The van der Waals surface area contributed by atoms with Crippen LogP contribution in [0.4, 0.5) is 0 Å². The third-order valence-corrected chi connectivity index (χ3v) is 4.79. The molecule has 0 saturated carbocycles. The second-order valence-electron chi connectivity index (χ2n) is 4.14. The molecule has 0 atom stereocenters. The summed E-state index contributed by atoms with van der Waals surface area (Å²) in [5.41, 5.74) is 0.993. The minimum absolute atomic E-state index is 0.526. The Morgan fingerprint density at radius 1 is 1.16 bits per heavy atom. The predicted molar refractivity (Wildman–Crippen MR) is 84.4 cm³/mol. The Bertz CT molecular complexity index is 735. The van der Waals surface area contributed by atoms with E-state index in [1.165, 1.54) is 9.77 Å². The van der Waals surface area contributed by atoms with Crippen LogP contribution in [0.5, 0.6) is 0 Å². The Morgan fingerprint density at radius 3 is 2.58 bits per heavy atom. The Hall–Kier alpha value is -1.10. The molecule has 3 rings (SSSR count). The zero-order valence-electron chi connectivity index (χ0n) is 10.5. The zero-order chi connectivity index (χ0) is 13.4. The van der Waals surface area contributed by atoms with Crippen molar-refractivity contribution >= 4 is 44.9 Å². The van der Waals surface area contributed by atoms with Gasteiger partial charge in [0.1, 0.15) is 9.98 Å². The van der Waals surface area contributed by atoms with Crippen LogP contribution in [0.2, 0.25) is 5.15 Å². The van der Waals surface area contributed by atoms with Gasteiger partial charge < -0.3 is 0 Å². The van der Waals surface area contributed by atoms with E-state index in [9.17, 15) is 0 Å². The molecular weight excluding hydrogens is 296 g/mol. The number of hydrogen-bond donors (Lipinski definition) is 0. The van der Waals surface area contributed by atoms with E-state index in [4.69, 9.17) is 11.6 Å². The maximum absolute atomic E-state index is 6.24. The van der Waals surface area contributed by atoms with Crippen LogP contribution in [0, 0.1) is 6.92 Å². The molecule has 96 valence electrons. The normalized spacial score (nSPS) is 11.1. The standard InChI is InChI=1S/C14H11ClN2S2/c1-8-7-11-12(15)16-13(17-14(11)19-8)9-3-5-10(18-2)6-4-9/h3-7H,1-2H3. The molecule has 0 aliphatic carbocycles. The Morgan fingerprint density at radius 2 is 1.89 bits per heavy atom. The summed E-state index contributed by atoms with van der Waals surface area (Å²) >= 11 is 9.60. The largest absolute Gasteiger partial charge is 0.217 e. The van der Waals surface area contributed by atoms with Crippen LogP contribution in [0.15, 0.2) is 35.2 Å². The lowest BCUT2D eigenvalue weighted by Crippen LogP contribution is -1.89. The summed E-state index contributed by atoms with van der Waals surface area (Å²) < 4.78 is 0. The van der Waals surface area contributed by atoms with Crippen molar-refractivity contribution in [2.75, 3.05) is 6.26 Å². The van der Waals surface area contributed by atoms with Gasteiger partial charge in [0.05, 0.1) is 0 Å². The summed E-state index contributed by atoms with van der Waals surface area (Å²) in [5, 5.41) is 1.46. The van der Waals surface area contributed by atoms with E-state index in [1.54, 1.807) is 23.1 Å². The molecule has 2 nitrogen and oxygen atoms in total. The molecule has 1 aromatic carbocycles. The molecule has 0 amide bonds. The molecule has 0 aliphatic rings. The van der Waals surface area contributed by atoms with Crippen LogP contribution < -0.4 is 0 Å². The first-order valence-electron chi connectivity index (χ1n) is 5.75. The van der Waals surface area contributed by atoms with E-state index in [-0.39, 0.29) is 0 Å². The van der Waals surface area contributed by atoms with Crippen molar-refractivity contribution in [2.24, 2.45) is 0 Å². The number of rotatable bonds is 2. The van der Waals surface area contributed by atoms with Crippen molar-refractivity contribution in [2.45, 2.75) is 11.8 Å². The summed E-state index contributed by atoms with van der Waals surface area (Å²) in [7, 11) is 0. The molecule has 0 bridgehead atoms. The zero-order valence-corrected chi connectivity index (χ0v) is 12.9. The minimum Gasteiger partial charge on any atom is -0.217 e. The van der Waals surface area contributed by atoms with Gasteiger partial charge in [0.2, 0.25) is 0 Å². The summed E-state index contributed by atoms with van der Waals surface area (Å²) in [6.07, 6.45) is 2.06. The highest BCUT2D eigenvalue weighted by atomic mass is 35.5. The molecule has 0 aliphatic heterocycles. The van der Waals surface area contributed by atoms with Crippen molar-refractivity contribution in [3.63, 3.8) is 0 Å². The number of hydrogen-bond acceptors (Lipinski definition) is 4. The minimum atomic E-state index is 0.526. The maximum Gasteiger partial charge on any atom is 0.162 e. The fourth-order valence-corrected chi connectivity index (χ4v) is 3.44. The van der Waals surface area contributed by atoms with Gasteiger partial charge in [0, 0.05) is 20.7 Å². The van der Waals surface area contributed by atoms with Gasteiger partial charge in [-0.15, -0.1) is 23.1 Å². The first-order valence-corrected chi connectivity index (χ1v) is 8.17. The monoisotopic (exact) mass is 306 g/mol. The SMILES string of the molecule is CSc1ccc(-c2nc(Cl)c3cc(C)sc3n2)cc1. The average molecular weight is 307 g/mol. The lowest BCUT2D eigenvalue weighted by Gasteiger charge is -2.02. The maximum atomic E-state index is 6.24.